The Kier molecular flexibility index (Phi) is 13.4. The molecule has 0 aliphatic heterocycles. The van der Waals surface area contributed by atoms with Crippen LogP contribution in [-0.2, 0) is 0 Å². The van der Waals surface area contributed by atoms with Crippen LogP contribution in [0.15, 0.2) is 0 Å². The summed E-state index contributed by atoms with van der Waals surface area (Å²) in [6.45, 7) is 10.1. The van der Waals surface area contributed by atoms with Crippen molar-refractivity contribution in [2.75, 3.05) is 19.6 Å². The number of rotatable bonds is 3. The molecule has 1 nitrogen and oxygen atoms in total. The molecular weight excluding hydrogens is 149 g/mol. The fourth-order valence-electron chi connectivity index (χ4n) is 0.671. The zero-order valence-corrected chi connectivity index (χ0v) is 10.3. The lowest BCUT2D eigenvalue weighted by molar-refractivity contribution is 0.321. The lowest BCUT2D eigenvalue weighted by atomic mass is 10.5. The molecule has 0 aliphatic rings. The lowest BCUT2D eigenvalue weighted by Gasteiger charge is -2.13. The Hall–Kier alpha value is 0.492. The van der Waals surface area contributed by atoms with Crippen molar-refractivity contribution < 1.29 is 0 Å². The topological polar surface area (TPSA) is 3.24 Å². The zero-order valence-electron chi connectivity index (χ0n) is 9.15. The molecule has 0 amide bonds. The molecule has 0 unspecified atom stereocenters. The summed E-state index contributed by atoms with van der Waals surface area (Å²) in [5, 5.41) is 0. The second kappa shape index (κ2) is 10.5. The zero-order chi connectivity index (χ0) is 9.28. The van der Waals surface area contributed by atoms with Crippen molar-refractivity contribution in [3.63, 3.8) is 0 Å². The van der Waals surface area contributed by atoms with Crippen molar-refractivity contribution in [1.82, 2.24) is 4.90 Å². The molecule has 0 heterocycles. The molecule has 0 saturated heterocycles. The Morgan fingerprint density at radius 3 is 1.00 bits per heavy atom. The van der Waals surface area contributed by atoms with Crippen LogP contribution >= 0.6 is 0 Å². The molecule has 68 valence electrons. The maximum Gasteiger partial charge on any atom is 0.251 e. The van der Waals surface area contributed by atoms with Gasteiger partial charge >= 0.3 is 0 Å². The van der Waals surface area contributed by atoms with Crippen LogP contribution in [0.1, 0.15) is 20.8 Å². The minimum Gasteiger partial charge on any atom is -0.304 e. The molecule has 0 fully saturated rings. The quantitative estimate of drug-likeness (QED) is 0.593. The van der Waals surface area contributed by atoms with E-state index in [1.807, 2.05) is 0 Å². The highest BCUT2D eigenvalue weighted by Crippen LogP contribution is 1.81. The third-order valence-electron chi connectivity index (χ3n) is 1.34. The maximum atomic E-state index is 2.38. The average molecular weight is 173 g/mol. The summed E-state index contributed by atoms with van der Waals surface area (Å²) in [6, 6.07) is 0. The molecule has 0 bridgehead atoms. The van der Waals surface area contributed by atoms with E-state index in [1.54, 1.807) is 0 Å². The summed E-state index contributed by atoms with van der Waals surface area (Å²) in [5.74, 6) is 6.92. The van der Waals surface area contributed by atoms with Crippen LogP contribution < -0.4 is 0 Å². The Balaban J connectivity index is 0. The van der Waals surface area contributed by atoms with Gasteiger partial charge in [-0.1, -0.05) is 20.8 Å². The Morgan fingerprint density at radius 2 is 1.00 bits per heavy atom. The van der Waals surface area contributed by atoms with Crippen LogP contribution in [0, 0.1) is 0 Å². The summed E-state index contributed by atoms with van der Waals surface area (Å²) in [6.07, 6.45) is 0. The van der Waals surface area contributed by atoms with Gasteiger partial charge in [-0.05, 0) is 19.6 Å². The molecule has 0 atom stereocenters. The first kappa shape index (κ1) is 14.0. The third kappa shape index (κ3) is 18.0. The van der Waals surface area contributed by atoms with Crippen molar-refractivity contribution in [1.29, 1.82) is 0 Å². The largest absolute Gasteiger partial charge is 0.304 e. The Bertz CT molecular complexity index is 52.3. The lowest BCUT2D eigenvalue weighted by Crippen LogP contribution is -2.21. The molecule has 0 radical (unpaired) electrons. The molecule has 0 aliphatic carbocycles. The molecule has 0 rings (SSSR count). The van der Waals surface area contributed by atoms with Crippen LogP contribution in [0.25, 0.3) is 0 Å². The van der Waals surface area contributed by atoms with Crippen LogP contribution in [-0.4, -0.2) is 38.7 Å². The van der Waals surface area contributed by atoms with Crippen molar-refractivity contribution >= 4 is 14.1 Å². The second-order valence-electron chi connectivity index (χ2n) is 3.35. The summed E-state index contributed by atoms with van der Waals surface area (Å²) < 4.78 is 0. The standard InChI is InChI=1S/C6H15N.3CH3.Al/c1-4-7(5-2)6-3;;;;/h4-6H2,1-3H3;3*1H3;. The van der Waals surface area contributed by atoms with Gasteiger partial charge in [0, 0.05) is 0 Å². The Labute approximate surface area is 77.2 Å². The smallest absolute Gasteiger partial charge is 0.251 e. The first-order valence-corrected chi connectivity index (χ1v) is 8.27. The van der Waals surface area contributed by atoms with Gasteiger partial charge in [-0.15, -0.1) is 17.4 Å². The van der Waals surface area contributed by atoms with Gasteiger partial charge in [0.2, 0.25) is 0 Å². The van der Waals surface area contributed by atoms with E-state index in [0.717, 1.165) is 0 Å². The van der Waals surface area contributed by atoms with Crippen LogP contribution in [0.4, 0.5) is 0 Å². The molecule has 0 aromatic carbocycles. The van der Waals surface area contributed by atoms with Gasteiger partial charge in [0.05, 0.1) is 0 Å². The first-order chi connectivity index (χ1) is 5.08. The van der Waals surface area contributed by atoms with Crippen LogP contribution in [0.3, 0.4) is 0 Å². The van der Waals surface area contributed by atoms with Crippen molar-refractivity contribution in [3.8, 4) is 0 Å². The summed E-state index contributed by atoms with van der Waals surface area (Å²) >= 11 is -0.139. The number of nitrogens with zero attached hydrogens (tertiary/aromatic N) is 1. The van der Waals surface area contributed by atoms with Gasteiger partial charge in [0.1, 0.15) is 0 Å². The molecular formula is C9H24AlN. The molecule has 2 heteroatoms. The van der Waals surface area contributed by atoms with Crippen LogP contribution in [0.5, 0.6) is 0 Å². The molecule has 0 aromatic rings. The molecule has 0 N–H and O–H groups in total. The highest BCUT2D eigenvalue weighted by Gasteiger charge is 1.89. The minimum atomic E-state index is -0.139. The van der Waals surface area contributed by atoms with Gasteiger partial charge in [-0.25, -0.2) is 0 Å². The van der Waals surface area contributed by atoms with Gasteiger partial charge < -0.3 is 4.90 Å². The highest BCUT2D eigenvalue weighted by molar-refractivity contribution is 6.54. The summed E-state index contributed by atoms with van der Waals surface area (Å²) in [7, 11) is 0. The van der Waals surface area contributed by atoms with Gasteiger partial charge in [-0.3, -0.25) is 0 Å². The van der Waals surface area contributed by atoms with E-state index in [1.165, 1.54) is 19.6 Å². The van der Waals surface area contributed by atoms with E-state index in [0.29, 0.717) is 0 Å². The normalized spacial score (nSPS) is 9.00. The molecule has 0 aromatic heterocycles. The second-order valence-corrected chi connectivity index (χ2v) is 6.82. The first-order valence-electron chi connectivity index (χ1n) is 4.80. The fraction of sp³-hybridized carbons (Fsp3) is 1.00. The Morgan fingerprint density at radius 1 is 0.818 bits per heavy atom. The fourth-order valence-corrected chi connectivity index (χ4v) is 0.671. The van der Waals surface area contributed by atoms with Crippen molar-refractivity contribution in [3.05, 3.63) is 0 Å². The van der Waals surface area contributed by atoms with Gasteiger partial charge in [-0.2, -0.15) is 0 Å². The minimum absolute atomic E-state index is 0.139. The van der Waals surface area contributed by atoms with E-state index in [2.05, 4.69) is 43.0 Å². The van der Waals surface area contributed by atoms with E-state index in [-0.39, 0.29) is 14.1 Å². The predicted octanol–water partition coefficient (Wildman–Crippen LogP) is 2.72. The monoisotopic (exact) mass is 173 g/mol. The molecule has 0 saturated carbocycles. The van der Waals surface area contributed by atoms with E-state index in [9.17, 15) is 0 Å². The van der Waals surface area contributed by atoms with Gasteiger partial charge in [0.25, 0.3) is 14.1 Å². The predicted molar refractivity (Wildman–Crippen MR) is 56.8 cm³/mol. The van der Waals surface area contributed by atoms with E-state index < -0.39 is 0 Å². The van der Waals surface area contributed by atoms with Crippen LogP contribution in [0.2, 0.25) is 17.4 Å². The van der Waals surface area contributed by atoms with Crippen molar-refractivity contribution in [2.24, 2.45) is 0 Å². The average Bonchev–Trinajstić information content (AvgIpc) is 1.90. The number of hydrogen-bond donors (Lipinski definition) is 0. The highest BCUT2D eigenvalue weighted by atomic mass is 27.2. The maximum absolute atomic E-state index is 2.38. The molecule has 0 spiro atoms. The van der Waals surface area contributed by atoms with E-state index in [4.69, 9.17) is 0 Å². The van der Waals surface area contributed by atoms with Gasteiger partial charge in [0.15, 0.2) is 0 Å². The molecule has 11 heavy (non-hydrogen) atoms. The SMILES string of the molecule is CCN(CC)CC.[CH3][Al]([CH3])[CH3]. The summed E-state index contributed by atoms with van der Waals surface area (Å²) in [4.78, 5) is 2.38. The summed E-state index contributed by atoms with van der Waals surface area (Å²) in [5.41, 5.74) is 0. The third-order valence-corrected chi connectivity index (χ3v) is 1.34. The number of hydrogen-bond acceptors (Lipinski definition) is 1. The van der Waals surface area contributed by atoms with Crippen molar-refractivity contribution in [2.45, 2.75) is 38.1 Å². The van der Waals surface area contributed by atoms with E-state index >= 15 is 0 Å².